The van der Waals surface area contributed by atoms with E-state index in [1.54, 1.807) is 6.07 Å². The van der Waals surface area contributed by atoms with Crippen LogP contribution < -0.4 is 0 Å². The Morgan fingerprint density at radius 1 is 0.600 bits per heavy atom. The predicted octanol–water partition coefficient (Wildman–Crippen LogP) is 8.06. The van der Waals surface area contributed by atoms with Gasteiger partial charge in [-0.2, -0.15) is 0 Å². The van der Waals surface area contributed by atoms with Gasteiger partial charge in [-0.25, -0.2) is 4.98 Å². The van der Waals surface area contributed by atoms with Crippen molar-refractivity contribution in [1.29, 1.82) is 0 Å². The summed E-state index contributed by atoms with van der Waals surface area (Å²) in [5.41, 5.74) is 3.61. The highest BCUT2D eigenvalue weighted by molar-refractivity contribution is 6.38. The predicted molar refractivity (Wildman–Crippen MR) is 128 cm³/mol. The SMILES string of the molecule is Clc1cc(Cl)c2cc(-c3cnc4c5ccccc5c5ccccc5c4n3)ccc2c1. The molecule has 6 rings (SSSR count). The lowest BCUT2D eigenvalue weighted by atomic mass is 9.99. The van der Waals surface area contributed by atoms with Crippen molar-refractivity contribution in [2.24, 2.45) is 0 Å². The van der Waals surface area contributed by atoms with Gasteiger partial charge in [0.05, 0.1) is 22.9 Å². The van der Waals surface area contributed by atoms with Crippen molar-refractivity contribution < 1.29 is 0 Å². The lowest BCUT2D eigenvalue weighted by Crippen LogP contribution is -1.92. The molecule has 1 heterocycles. The van der Waals surface area contributed by atoms with Crippen LogP contribution in [-0.4, -0.2) is 9.97 Å². The van der Waals surface area contributed by atoms with Crippen LogP contribution in [0, 0.1) is 0 Å². The molecule has 0 aliphatic heterocycles. The van der Waals surface area contributed by atoms with Crippen LogP contribution in [0.25, 0.3) is 54.6 Å². The van der Waals surface area contributed by atoms with Gasteiger partial charge < -0.3 is 0 Å². The summed E-state index contributed by atoms with van der Waals surface area (Å²) in [7, 11) is 0. The van der Waals surface area contributed by atoms with Gasteiger partial charge in [0.1, 0.15) is 0 Å². The molecule has 0 spiro atoms. The summed E-state index contributed by atoms with van der Waals surface area (Å²) in [4.78, 5) is 9.88. The van der Waals surface area contributed by atoms with Gasteiger partial charge in [0, 0.05) is 31.8 Å². The topological polar surface area (TPSA) is 25.8 Å². The summed E-state index contributed by atoms with van der Waals surface area (Å²) < 4.78 is 0. The molecular formula is C26H14Cl2N2. The molecule has 0 bridgehead atoms. The molecule has 142 valence electrons. The number of aromatic nitrogens is 2. The molecule has 0 aliphatic rings. The molecule has 1 aromatic heterocycles. The van der Waals surface area contributed by atoms with Gasteiger partial charge in [-0.05, 0) is 34.4 Å². The number of halogens is 2. The van der Waals surface area contributed by atoms with E-state index < -0.39 is 0 Å². The zero-order valence-electron chi connectivity index (χ0n) is 15.7. The van der Waals surface area contributed by atoms with Crippen molar-refractivity contribution in [3.63, 3.8) is 0 Å². The first-order valence-electron chi connectivity index (χ1n) is 9.64. The van der Waals surface area contributed by atoms with Crippen molar-refractivity contribution in [2.75, 3.05) is 0 Å². The Hall–Kier alpha value is -3.20. The van der Waals surface area contributed by atoms with Gasteiger partial charge in [-0.15, -0.1) is 0 Å². The van der Waals surface area contributed by atoms with Crippen LogP contribution in [0.4, 0.5) is 0 Å². The van der Waals surface area contributed by atoms with E-state index in [0.29, 0.717) is 10.0 Å². The van der Waals surface area contributed by atoms with E-state index in [1.165, 1.54) is 10.8 Å². The summed E-state index contributed by atoms with van der Waals surface area (Å²) in [6.45, 7) is 0. The molecule has 0 amide bonds. The molecule has 6 aromatic rings. The minimum Gasteiger partial charge on any atom is -0.252 e. The Bertz CT molecular complexity index is 1590. The van der Waals surface area contributed by atoms with Crippen molar-refractivity contribution in [2.45, 2.75) is 0 Å². The molecule has 0 saturated carbocycles. The lowest BCUT2D eigenvalue weighted by Gasteiger charge is -2.11. The Morgan fingerprint density at radius 2 is 1.27 bits per heavy atom. The fourth-order valence-electron chi connectivity index (χ4n) is 4.20. The fraction of sp³-hybridized carbons (Fsp3) is 0. The Morgan fingerprint density at radius 3 is 2.00 bits per heavy atom. The first-order valence-corrected chi connectivity index (χ1v) is 10.4. The maximum atomic E-state index is 6.44. The highest BCUT2D eigenvalue weighted by Gasteiger charge is 2.12. The third-order valence-corrected chi connectivity index (χ3v) is 6.12. The minimum absolute atomic E-state index is 0.629. The summed E-state index contributed by atoms with van der Waals surface area (Å²) in [6, 6.07) is 26.5. The first-order chi connectivity index (χ1) is 14.7. The zero-order chi connectivity index (χ0) is 20.2. The number of benzene rings is 5. The van der Waals surface area contributed by atoms with Gasteiger partial charge in [-0.3, -0.25) is 4.98 Å². The van der Waals surface area contributed by atoms with E-state index in [9.17, 15) is 0 Å². The third-order valence-electron chi connectivity index (χ3n) is 5.59. The van der Waals surface area contributed by atoms with Crippen LogP contribution in [-0.2, 0) is 0 Å². The Labute approximate surface area is 182 Å². The van der Waals surface area contributed by atoms with Crippen molar-refractivity contribution in [3.05, 3.63) is 95.1 Å². The maximum Gasteiger partial charge on any atom is 0.0979 e. The number of nitrogens with zero attached hydrogens (tertiary/aromatic N) is 2. The van der Waals surface area contributed by atoms with Crippen LogP contribution >= 0.6 is 23.2 Å². The van der Waals surface area contributed by atoms with Gasteiger partial charge in [0.2, 0.25) is 0 Å². The second kappa shape index (κ2) is 6.66. The quantitative estimate of drug-likeness (QED) is 0.249. The fourth-order valence-corrected chi connectivity index (χ4v) is 4.76. The summed E-state index contributed by atoms with van der Waals surface area (Å²) in [5, 5.41) is 7.80. The molecule has 0 saturated heterocycles. The van der Waals surface area contributed by atoms with E-state index in [-0.39, 0.29) is 0 Å². The average Bonchev–Trinajstić information content (AvgIpc) is 2.79. The molecule has 4 heteroatoms. The molecule has 5 aromatic carbocycles. The van der Waals surface area contributed by atoms with E-state index in [1.807, 2.05) is 42.6 Å². The van der Waals surface area contributed by atoms with Crippen LogP contribution in [0.3, 0.4) is 0 Å². The number of fused-ring (bicyclic) bond motifs is 7. The summed E-state index contributed by atoms with van der Waals surface area (Å²) in [5.74, 6) is 0. The number of rotatable bonds is 1. The smallest absolute Gasteiger partial charge is 0.0979 e. The highest BCUT2D eigenvalue weighted by atomic mass is 35.5. The molecule has 0 atom stereocenters. The van der Waals surface area contributed by atoms with Gasteiger partial charge >= 0.3 is 0 Å². The van der Waals surface area contributed by atoms with Crippen molar-refractivity contribution in [3.8, 4) is 11.3 Å². The lowest BCUT2D eigenvalue weighted by molar-refractivity contribution is 1.31. The molecule has 2 nitrogen and oxygen atoms in total. The highest BCUT2D eigenvalue weighted by Crippen LogP contribution is 2.35. The van der Waals surface area contributed by atoms with Gasteiger partial charge in [0.15, 0.2) is 0 Å². The largest absolute Gasteiger partial charge is 0.252 e. The van der Waals surface area contributed by atoms with E-state index in [2.05, 4.69) is 36.4 Å². The van der Waals surface area contributed by atoms with Gasteiger partial charge in [-0.1, -0.05) is 83.9 Å². The van der Waals surface area contributed by atoms with E-state index >= 15 is 0 Å². The van der Waals surface area contributed by atoms with Crippen molar-refractivity contribution >= 4 is 66.6 Å². The maximum absolute atomic E-state index is 6.44. The van der Waals surface area contributed by atoms with Crippen LogP contribution in [0.15, 0.2) is 85.1 Å². The van der Waals surface area contributed by atoms with E-state index in [4.69, 9.17) is 33.2 Å². The monoisotopic (exact) mass is 424 g/mol. The van der Waals surface area contributed by atoms with Crippen LogP contribution in [0.1, 0.15) is 0 Å². The molecule has 0 N–H and O–H groups in total. The molecule has 0 radical (unpaired) electrons. The van der Waals surface area contributed by atoms with E-state index in [0.717, 1.165) is 43.8 Å². The minimum atomic E-state index is 0.629. The standard InChI is InChI=1S/C26H14Cl2N2/c27-17-11-15-9-10-16(12-22(15)23(28)13-17)24-14-29-25-20-7-3-1-5-18(20)19-6-2-4-8-21(19)26(25)30-24/h1-14H. The first kappa shape index (κ1) is 17.6. The van der Waals surface area contributed by atoms with Crippen LogP contribution in [0.5, 0.6) is 0 Å². The molecule has 0 aliphatic carbocycles. The van der Waals surface area contributed by atoms with Crippen LogP contribution in [0.2, 0.25) is 10.0 Å². The summed E-state index contributed by atoms with van der Waals surface area (Å²) in [6.07, 6.45) is 1.84. The molecule has 0 fully saturated rings. The second-order valence-corrected chi connectivity index (χ2v) is 8.21. The summed E-state index contributed by atoms with van der Waals surface area (Å²) >= 11 is 12.6. The molecule has 0 unspecified atom stereocenters. The molecular weight excluding hydrogens is 411 g/mol. The Kier molecular flexibility index (Phi) is 3.92. The van der Waals surface area contributed by atoms with Crippen molar-refractivity contribution in [1.82, 2.24) is 9.97 Å². The van der Waals surface area contributed by atoms with Gasteiger partial charge in [0.25, 0.3) is 0 Å². The number of hydrogen-bond acceptors (Lipinski definition) is 2. The third kappa shape index (κ3) is 2.65. The Balaban J connectivity index is 1.67. The molecule has 30 heavy (non-hydrogen) atoms. The average molecular weight is 425 g/mol. The second-order valence-electron chi connectivity index (χ2n) is 7.37. The zero-order valence-corrected chi connectivity index (χ0v) is 17.2. The number of hydrogen-bond donors (Lipinski definition) is 0. The normalized spacial score (nSPS) is 11.7.